The Morgan fingerprint density at radius 1 is 0.769 bits per heavy atom. The van der Waals surface area contributed by atoms with Crippen LogP contribution in [0.2, 0.25) is 0 Å². The lowest BCUT2D eigenvalue weighted by molar-refractivity contribution is 0.00749. The maximum absolute atomic E-state index is 7.04. The highest BCUT2D eigenvalue weighted by Crippen LogP contribution is 2.62. The molecular formula is C25H28O. The molecule has 0 amide bonds. The molecule has 4 unspecified atom stereocenters. The predicted octanol–water partition coefficient (Wildman–Crippen LogP) is 6.61. The third kappa shape index (κ3) is 2.03. The third-order valence-corrected chi connectivity index (χ3v) is 8.04. The van der Waals surface area contributed by atoms with Crippen molar-refractivity contribution in [2.45, 2.75) is 57.0 Å². The maximum atomic E-state index is 7.04. The van der Waals surface area contributed by atoms with Crippen molar-refractivity contribution in [3.8, 4) is 5.75 Å². The largest absolute Gasteiger partial charge is 0.482 e. The fourth-order valence-electron chi connectivity index (χ4n) is 7.04. The van der Waals surface area contributed by atoms with Crippen molar-refractivity contribution in [3.63, 3.8) is 0 Å². The predicted molar refractivity (Wildman–Crippen MR) is 107 cm³/mol. The van der Waals surface area contributed by atoms with Crippen LogP contribution in [0.5, 0.6) is 5.75 Å². The van der Waals surface area contributed by atoms with E-state index in [9.17, 15) is 0 Å². The molecule has 0 radical (unpaired) electrons. The van der Waals surface area contributed by atoms with E-state index < -0.39 is 0 Å². The van der Waals surface area contributed by atoms with Crippen molar-refractivity contribution in [1.29, 1.82) is 0 Å². The second-order valence-electron chi connectivity index (χ2n) is 9.14. The molecule has 26 heavy (non-hydrogen) atoms. The molecule has 1 spiro atoms. The fraction of sp³-hybridized carbons (Fsp3) is 0.520. The van der Waals surface area contributed by atoms with E-state index in [1.165, 1.54) is 67.7 Å². The molecule has 0 saturated heterocycles. The zero-order chi connectivity index (χ0) is 17.1. The molecule has 0 N–H and O–H groups in total. The molecule has 4 atom stereocenters. The molecule has 1 nitrogen and oxygen atoms in total. The van der Waals surface area contributed by atoms with Gasteiger partial charge in [-0.3, -0.25) is 0 Å². The van der Waals surface area contributed by atoms with Crippen LogP contribution < -0.4 is 4.74 Å². The molecule has 2 aromatic rings. The van der Waals surface area contributed by atoms with Crippen LogP contribution in [0.3, 0.4) is 0 Å². The molecule has 1 heteroatoms. The molecule has 1 aliphatic heterocycles. The van der Waals surface area contributed by atoms with Gasteiger partial charge in [0.15, 0.2) is 0 Å². The summed E-state index contributed by atoms with van der Waals surface area (Å²) in [5.41, 5.74) is 1.24. The molecule has 6 rings (SSSR count). The quantitative estimate of drug-likeness (QED) is 0.522. The molecule has 0 aromatic heterocycles. The Morgan fingerprint density at radius 2 is 1.38 bits per heavy atom. The highest BCUT2D eigenvalue weighted by atomic mass is 16.5. The molecule has 1 heterocycles. The van der Waals surface area contributed by atoms with Crippen LogP contribution in [0, 0.1) is 23.7 Å². The average Bonchev–Trinajstić information content (AvgIpc) is 2.97. The number of benzene rings is 2. The molecule has 3 saturated carbocycles. The van der Waals surface area contributed by atoms with E-state index in [0.29, 0.717) is 0 Å². The smallest absolute Gasteiger partial charge is 0.134 e. The summed E-state index contributed by atoms with van der Waals surface area (Å²) in [6, 6.07) is 13.3. The highest BCUT2D eigenvalue weighted by Gasteiger charge is 2.61. The molecule has 2 aromatic carbocycles. The first kappa shape index (κ1) is 15.3. The Kier molecular flexibility index (Phi) is 3.31. The van der Waals surface area contributed by atoms with Gasteiger partial charge in [-0.05, 0) is 66.5 Å². The van der Waals surface area contributed by atoms with Gasteiger partial charge < -0.3 is 4.74 Å². The third-order valence-electron chi connectivity index (χ3n) is 8.04. The van der Waals surface area contributed by atoms with Crippen molar-refractivity contribution in [2.75, 3.05) is 0 Å². The van der Waals surface area contributed by atoms with E-state index in [0.717, 1.165) is 29.4 Å². The van der Waals surface area contributed by atoms with Gasteiger partial charge in [-0.15, -0.1) is 0 Å². The first-order chi connectivity index (χ1) is 12.9. The zero-order valence-corrected chi connectivity index (χ0v) is 15.5. The summed E-state index contributed by atoms with van der Waals surface area (Å²) in [6.45, 7) is 0. The first-order valence-electron chi connectivity index (χ1n) is 10.8. The SMILES string of the molecule is C1=CC2(Oc3cc4ccccc4cc31)C1CCCCC1C1CCCCC12. The normalized spacial score (nSPS) is 37.8. The van der Waals surface area contributed by atoms with Crippen LogP contribution in [0.4, 0.5) is 0 Å². The summed E-state index contributed by atoms with van der Waals surface area (Å²) in [7, 11) is 0. The summed E-state index contributed by atoms with van der Waals surface area (Å²) in [4.78, 5) is 0. The van der Waals surface area contributed by atoms with E-state index in [1.807, 2.05) is 0 Å². The lowest BCUT2D eigenvalue weighted by Gasteiger charge is -2.43. The van der Waals surface area contributed by atoms with E-state index in [1.54, 1.807) is 0 Å². The number of fused-ring (bicyclic) bond motifs is 7. The lowest BCUT2D eigenvalue weighted by atomic mass is 9.73. The minimum absolute atomic E-state index is 0.0222. The van der Waals surface area contributed by atoms with Crippen molar-refractivity contribution in [2.24, 2.45) is 23.7 Å². The van der Waals surface area contributed by atoms with Gasteiger partial charge in [0, 0.05) is 17.4 Å². The van der Waals surface area contributed by atoms with Crippen LogP contribution in [-0.4, -0.2) is 5.60 Å². The van der Waals surface area contributed by atoms with Crippen LogP contribution in [-0.2, 0) is 0 Å². The number of ether oxygens (including phenoxy) is 1. The Morgan fingerprint density at radius 3 is 2.08 bits per heavy atom. The standard InChI is InChI=1S/C25H28O/c1-2-8-18-16-24-19(15-17(18)7-1)13-14-25(26-24)22-11-5-3-9-20(22)21-10-4-6-12-23(21)25/h1-2,7-8,13-16,20-23H,3-6,9-12H2. The van der Waals surface area contributed by atoms with Gasteiger partial charge in [0.1, 0.15) is 11.4 Å². The first-order valence-corrected chi connectivity index (χ1v) is 10.8. The number of hydrogen-bond acceptors (Lipinski definition) is 1. The molecule has 134 valence electrons. The minimum atomic E-state index is -0.0222. The van der Waals surface area contributed by atoms with Crippen molar-refractivity contribution in [1.82, 2.24) is 0 Å². The van der Waals surface area contributed by atoms with Crippen molar-refractivity contribution < 1.29 is 4.74 Å². The van der Waals surface area contributed by atoms with Gasteiger partial charge in [0.2, 0.25) is 0 Å². The van der Waals surface area contributed by atoms with Gasteiger partial charge in [0.05, 0.1) is 0 Å². The second-order valence-corrected chi connectivity index (χ2v) is 9.14. The number of hydrogen-bond donors (Lipinski definition) is 0. The van der Waals surface area contributed by atoms with Gasteiger partial charge in [-0.2, -0.15) is 0 Å². The molecule has 3 aliphatic carbocycles. The Hall–Kier alpha value is -1.76. The van der Waals surface area contributed by atoms with Crippen LogP contribution in [0.1, 0.15) is 56.9 Å². The fourth-order valence-corrected chi connectivity index (χ4v) is 7.04. The summed E-state index contributed by atoms with van der Waals surface area (Å²) in [6.07, 6.45) is 16.2. The maximum Gasteiger partial charge on any atom is 0.134 e. The molecule has 3 fully saturated rings. The Balaban J connectivity index is 1.47. The van der Waals surface area contributed by atoms with Gasteiger partial charge in [0.25, 0.3) is 0 Å². The van der Waals surface area contributed by atoms with Crippen LogP contribution >= 0.6 is 0 Å². The summed E-state index contributed by atoms with van der Waals surface area (Å²) in [5, 5.41) is 2.61. The average molecular weight is 344 g/mol. The zero-order valence-electron chi connectivity index (χ0n) is 15.5. The molecule has 0 bridgehead atoms. The monoisotopic (exact) mass is 344 g/mol. The Bertz CT molecular complexity index is 857. The molecular weight excluding hydrogens is 316 g/mol. The van der Waals surface area contributed by atoms with Gasteiger partial charge in [-0.25, -0.2) is 0 Å². The second kappa shape index (κ2) is 5.62. The van der Waals surface area contributed by atoms with Crippen LogP contribution in [0.25, 0.3) is 16.8 Å². The summed E-state index contributed by atoms with van der Waals surface area (Å²) in [5.74, 6) is 4.41. The summed E-state index contributed by atoms with van der Waals surface area (Å²) >= 11 is 0. The van der Waals surface area contributed by atoms with E-state index in [-0.39, 0.29) is 5.60 Å². The van der Waals surface area contributed by atoms with Gasteiger partial charge >= 0.3 is 0 Å². The van der Waals surface area contributed by atoms with E-state index in [4.69, 9.17) is 4.74 Å². The van der Waals surface area contributed by atoms with Crippen molar-refractivity contribution >= 4 is 16.8 Å². The number of rotatable bonds is 0. The van der Waals surface area contributed by atoms with Crippen molar-refractivity contribution in [3.05, 3.63) is 48.0 Å². The van der Waals surface area contributed by atoms with Gasteiger partial charge in [-0.1, -0.05) is 56.0 Å². The highest BCUT2D eigenvalue weighted by molar-refractivity contribution is 5.87. The topological polar surface area (TPSA) is 9.23 Å². The van der Waals surface area contributed by atoms with E-state index >= 15 is 0 Å². The summed E-state index contributed by atoms with van der Waals surface area (Å²) < 4.78 is 7.04. The minimum Gasteiger partial charge on any atom is -0.482 e. The van der Waals surface area contributed by atoms with E-state index in [2.05, 4.69) is 48.6 Å². The Labute approximate surface area is 156 Å². The molecule has 4 aliphatic rings. The van der Waals surface area contributed by atoms with Crippen LogP contribution in [0.15, 0.2) is 42.5 Å². The lowest BCUT2D eigenvalue weighted by Crippen LogP contribution is -2.47.